The molecule has 0 aliphatic carbocycles. The lowest BCUT2D eigenvalue weighted by atomic mass is 10.1. The Bertz CT molecular complexity index is 590. The maximum absolute atomic E-state index is 11.6. The fraction of sp³-hybridized carbons (Fsp3) is 0.308. The third-order valence-electron chi connectivity index (χ3n) is 3.38. The van der Waals surface area contributed by atoms with Gasteiger partial charge in [-0.25, -0.2) is 5.84 Å². The molecule has 1 amide bonds. The van der Waals surface area contributed by atoms with Crippen molar-refractivity contribution >= 4 is 17.2 Å². The highest BCUT2D eigenvalue weighted by molar-refractivity contribution is 7.10. The van der Waals surface area contributed by atoms with Gasteiger partial charge in [0, 0.05) is 18.0 Å². The number of furan rings is 1. The molecule has 3 rings (SSSR count). The van der Waals surface area contributed by atoms with Crippen LogP contribution in [-0.2, 0) is 19.5 Å². The summed E-state index contributed by atoms with van der Waals surface area (Å²) in [5.74, 6) is 5.52. The van der Waals surface area contributed by atoms with Crippen molar-refractivity contribution in [1.29, 1.82) is 0 Å². The lowest BCUT2D eigenvalue weighted by Crippen LogP contribution is -2.32. The first-order valence-corrected chi connectivity index (χ1v) is 7.01. The first kappa shape index (κ1) is 12.4. The third-order valence-corrected chi connectivity index (χ3v) is 4.40. The first-order chi connectivity index (χ1) is 9.28. The van der Waals surface area contributed by atoms with Gasteiger partial charge < -0.3 is 4.42 Å². The van der Waals surface area contributed by atoms with Gasteiger partial charge in [-0.2, -0.15) is 0 Å². The molecule has 2 aromatic heterocycles. The van der Waals surface area contributed by atoms with E-state index < -0.39 is 0 Å². The smallest absolute Gasteiger partial charge is 0.268 e. The SMILES string of the molecule is NNC(=O)c1ccoc1CN1CCc2sccc2C1. The molecule has 1 aliphatic heterocycles. The van der Waals surface area contributed by atoms with Gasteiger partial charge in [-0.15, -0.1) is 11.3 Å². The molecule has 0 bridgehead atoms. The monoisotopic (exact) mass is 277 g/mol. The second-order valence-electron chi connectivity index (χ2n) is 4.56. The zero-order valence-electron chi connectivity index (χ0n) is 10.4. The fourth-order valence-electron chi connectivity index (χ4n) is 2.39. The molecule has 5 nitrogen and oxygen atoms in total. The van der Waals surface area contributed by atoms with Gasteiger partial charge in [-0.05, 0) is 29.5 Å². The summed E-state index contributed by atoms with van der Waals surface area (Å²) < 4.78 is 5.40. The number of hydrogen-bond acceptors (Lipinski definition) is 5. The summed E-state index contributed by atoms with van der Waals surface area (Å²) in [6.07, 6.45) is 2.59. The van der Waals surface area contributed by atoms with Crippen LogP contribution in [0.1, 0.15) is 26.6 Å². The number of carbonyl (C=O) groups is 1. The van der Waals surface area contributed by atoms with Crippen molar-refractivity contribution in [3.63, 3.8) is 0 Å². The lowest BCUT2D eigenvalue weighted by Gasteiger charge is -2.26. The minimum Gasteiger partial charge on any atom is -0.467 e. The van der Waals surface area contributed by atoms with Crippen LogP contribution < -0.4 is 11.3 Å². The van der Waals surface area contributed by atoms with E-state index in [2.05, 4.69) is 21.8 Å². The highest BCUT2D eigenvalue weighted by Gasteiger charge is 2.21. The molecule has 0 spiro atoms. The van der Waals surface area contributed by atoms with E-state index in [-0.39, 0.29) is 5.91 Å². The van der Waals surface area contributed by atoms with E-state index in [1.165, 1.54) is 16.7 Å². The second kappa shape index (κ2) is 5.16. The number of thiophene rings is 1. The molecule has 2 aromatic rings. The largest absolute Gasteiger partial charge is 0.467 e. The standard InChI is InChI=1S/C13H15N3O2S/c14-15-13(17)10-2-5-18-11(10)8-16-4-1-12-9(7-16)3-6-19-12/h2-3,5-6H,1,4,7-8,14H2,(H,15,17). The summed E-state index contributed by atoms with van der Waals surface area (Å²) in [6.45, 7) is 2.52. The molecule has 0 saturated carbocycles. The van der Waals surface area contributed by atoms with Gasteiger partial charge in [0.15, 0.2) is 0 Å². The summed E-state index contributed by atoms with van der Waals surface area (Å²) in [5, 5.41) is 2.13. The average molecular weight is 277 g/mol. The minimum atomic E-state index is -0.308. The number of nitrogen functional groups attached to an aromatic ring is 1. The Hall–Kier alpha value is -1.63. The van der Waals surface area contributed by atoms with Crippen molar-refractivity contribution in [2.45, 2.75) is 19.5 Å². The number of rotatable bonds is 3. The molecule has 19 heavy (non-hydrogen) atoms. The Morgan fingerprint density at radius 2 is 2.42 bits per heavy atom. The Morgan fingerprint density at radius 1 is 1.53 bits per heavy atom. The van der Waals surface area contributed by atoms with Crippen molar-refractivity contribution in [3.8, 4) is 0 Å². The van der Waals surface area contributed by atoms with Gasteiger partial charge in [0.2, 0.25) is 0 Å². The predicted molar refractivity (Wildman–Crippen MR) is 72.5 cm³/mol. The van der Waals surface area contributed by atoms with Crippen molar-refractivity contribution in [2.24, 2.45) is 5.84 Å². The highest BCUT2D eigenvalue weighted by atomic mass is 32.1. The van der Waals surface area contributed by atoms with Crippen LogP contribution in [0, 0.1) is 0 Å². The number of hydrogen-bond donors (Lipinski definition) is 2. The molecule has 0 unspecified atom stereocenters. The topological polar surface area (TPSA) is 71.5 Å². The Morgan fingerprint density at radius 3 is 3.26 bits per heavy atom. The normalized spacial score (nSPS) is 15.2. The molecule has 0 aromatic carbocycles. The van der Waals surface area contributed by atoms with Crippen LogP contribution in [-0.4, -0.2) is 17.4 Å². The molecule has 0 fully saturated rings. The fourth-order valence-corrected chi connectivity index (χ4v) is 3.28. The Balaban J connectivity index is 1.73. The van der Waals surface area contributed by atoms with Crippen molar-refractivity contribution < 1.29 is 9.21 Å². The molecular weight excluding hydrogens is 262 g/mol. The zero-order valence-corrected chi connectivity index (χ0v) is 11.2. The average Bonchev–Trinajstić information content (AvgIpc) is 3.06. The van der Waals surface area contributed by atoms with Gasteiger partial charge >= 0.3 is 0 Å². The molecule has 100 valence electrons. The quantitative estimate of drug-likeness (QED) is 0.507. The number of nitrogens with one attached hydrogen (secondary N) is 1. The molecule has 0 saturated heterocycles. The summed E-state index contributed by atoms with van der Waals surface area (Å²) in [6, 6.07) is 3.82. The van der Waals surface area contributed by atoms with E-state index in [1.54, 1.807) is 6.07 Å². The van der Waals surface area contributed by atoms with Crippen LogP contribution in [0.5, 0.6) is 0 Å². The van der Waals surface area contributed by atoms with Crippen LogP contribution >= 0.6 is 11.3 Å². The molecular formula is C13H15N3O2S. The van der Waals surface area contributed by atoms with E-state index in [9.17, 15) is 4.79 Å². The van der Waals surface area contributed by atoms with Gasteiger partial charge in [0.25, 0.3) is 5.91 Å². The van der Waals surface area contributed by atoms with Gasteiger partial charge in [-0.1, -0.05) is 0 Å². The van der Waals surface area contributed by atoms with E-state index in [0.717, 1.165) is 19.5 Å². The van der Waals surface area contributed by atoms with Crippen LogP contribution in [0.4, 0.5) is 0 Å². The molecule has 3 heterocycles. The minimum absolute atomic E-state index is 0.308. The summed E-state index contributed by atoms with van der Waals surface area (Å²) in [5.41, 5.74) is 4.04. The number of amides is 1. The molecule has 0 radical (unpaired) electrons. The number of nitrogens with two attached hydrogens (primary N) is 1. The van der Waals surface area contributed by atoms with Gasteiger partial charge in [0.1, 0.15) is 5.76 Å². The van der Waals surface area contributed by atoms with Gasteiger partial charge in [0.05, 0.1) is 18.4 Å². The van der Waals surface area contributed by atoms with E-state index in [4.69, 9.17) is 10.3 Å². The summed E-state index contributed by atoms with van der Waals surface area (Å²) in [7, 11) is 0. The van der Waals surface area contributed by atoms with Crippen molar-refractivity contribution in [3.05, 3.63) is 45.5 Å². The second-order valence-corrected chi connectivity index (χ2v) is 5.56. The third kappa shape index (κ3) is 2.42. The van der Waals surface area contributed by atoms with E-state index in [0.29, 0.717) is 17.9 Å². The molecule has 0 atom stereocenters. The van der Waals surface area contributed by atoms with Crippen LogP contribution in [0.2, 0.25) is 0 Å². The predicted octanol–water partition coefficient (Wildman–Crippen LogP) is 1.50. The lowest BCUT2D eigenvalue weighted by molar-refractivity contribution is 0.0949. The number of fused-ring (bicyclic) bond motifs is 1. The summed E-state index contributed by atoms with van der Waals surface area (Å²) in [4.78, 5) is 15.3. The van der Waals surface area contributed by atoms with Gasteiger partial charge in [-0.3, -0.25) is 15.1 Å². The molecule has 6 heteroatoms. The van der Waals surface area contributed by atoms with E-state index >= 15 is 0 Å². The zero-order chi connectivity index (χ0) is 13.2. The molecule has 3 N–H and O–H groups in total. The number of nitrogens with zero attached hydrogens (tertiary/aromatic N) is 1. The number of carbonyl (C=O) groups excluding carboxylic acids is 1. The molecule has 1 aliphatic rings. The Labute approximate surface area is 115 Å². The maximum Gasteiger partial charge on any atom is 0.268 e. The van der Waals surface area contributed by atoms with Crippen LogP contribution in [0.3, 0.4) is 0 Å². The number of hydrazine groups is 1. The Kier molecular flexibility index (Phi) is 3.37. The first-order valence-electron chi connectivity index (χ1n) is 6.13. The summed E-state index contributed by atoms with van der Waals surface area (Å²) >= 11 is 1.82. The van der Waals surface area contributed by atoms with Crippen LogP contribution in [0.15, 0.2) is 28.2 Å². The van der Waals surface area contributed by atoms with Crippen molar-refractivity contribution in [1.82, 2.24) is 10.3 Å². The highest BCUT2D eigenvalue weighted by Crippen LogP contribution is 2.25. The maximum atomic E-state index is 11.6. The van der Waals surface area contributed by atoms with Crippen molar-refractivity contribution in [2.75, 3.05) is 6.54 Å². The van der Waals surface area contributed by atoms with E-state index in [1.807, 2.05) is 11.3 Å². The van der Waals surface area contributed by atoms with Crippen LogP contribution in [0.25, 0.3) is 0 Å².